The standard InChI is InChI=1S/C22H30N4O2/c1-15-11-13-26(14-12-15)18-9-7-17(8-10-18)24-21(27)19-5-3-4-6-20(19)22-23-16(2)25-28-22/h3-6,15,17-18H,7-14H2,1-2H3,(H,24,27). The zero-order chi connectivity index (χ0) is 19.5. The van der Waals surface area contributed by atoms with Crippen LogP contribution in [0.5, 0.6) is 0 Å². The van der Waals surface area contributed by atoms with Crippen molar-refractivity contribution in [2.45, 2.75) is 64.5 Å². The third-order valence-corrected chi connectivity index (χ3v) is 6.30. The van der Waals surface area contributed by atoms with Crippen LogP contribution in [0.1, 0.15) is 61.6 Å². The van der Waals surface area contributed by atoms with Crippen LogP contribution in [-0.4, -0.2) is 46.1 Å². The van der Waals surface area contributed by atoms with Crippen LogP contribution in [-0.2, 0) is 0 Å². The maximum Gasteiger partial charge on any atom is 0.258 e. The summed E-state index contributed by atoms with van der Waals surface area (Å²) < 4.78 is 5.27. The Kier molecular flexibility index (Phi) is 5.76. The first kappa shape index (κ1) is 19.1. The molecule has 6 nitrogen and oxygen atoms in total. The summed E-state index contributed by atoms with van der Waals surface area (Å²) in [6.07, 6.45) is 7.08. The van der Waals surface area contributed by atoms with Crippen LogP contribution in [0.15, 0.2) is 28.8 Å². The maximum atomic E-state index is 12.9. The number of piperidine rings is 1. The number of hydrogen-bond donors (Lipinski definition) is 1. The van der Waals surface area contributed by atoms with Gasteiger partial charge in [0.1, 0.15) is 0 Å². The van der Waals surface area contributed by atoms with Gasteiger partial charge in [0.05, 0.1) is 11.1 Å². The zero-order valence-corrected chi connectivity index (χ0v) is 16.9. The Morgan fingerprint density at radius 3 is 2.50 bits per heavy atom. The molecule has 1 aliphatic heterocycles. The first-order chi connectivity index (χ1) is 13.6. The number of aromatic nitrogens is 2. The van der Waals surface area contributed by atoms with Gasteiger partial charge in [-0.15, -0.1) is 0 Å². The Balaban J connectivity index is 1.35. The molecule has 1 saturated heterocycles. The summed E-state index contributed by atoms with van der Waals surface area (Å²) in [7, 11) is 0. The monoisotopic (exact) mass is 382 g/mol. The predicted octanol–water partition coefficient (Wildman–Crippen LogP) is 3.82. The van der Waals surface area contributed by atoms with Crippen molar-refractivity contribution in [3.8, 4) is 11.5 Å². The summed E-state index contributed by atoms with van der Waals surface area (Å²) in [4.78, 5) is 19.9. The van der Waals surface area contributed by atoms with Gasteiger partial charge in [0.25, 0.3) is 11.8 Å². The lowest BCUT2D eigenvalue weighted by Gasteiger charge is -2.40. The molecule has 6 heteroatoms. The molecule has 2 heterocycles. The lowest BCUT2D eigenvalue weighted by atomic mass is 9.88. The number of likely N-dealkylation sites (tertiary alicyclic amines) is 1. The Morgan fingerprint density at radius 1 is 1.11 bits per heavy atom. The Hall–Kier alpha value is -2.21. The second-order valence-electron chi connectivity index (χ2n) is 8.39. The summed E-state index contributed by atoms with van der Waals surface area (Å²) in [6.45, 7) is 6.61. The molecular weight excluding hydrogens is 352 g/mol. The van der Waals surface area contributed by atoms with E-state index < -0.39 is 0 Å². The highest BCUT2D eigenvalue weighted by atomic mass is 16.5. The minimum absolute atomic E-state index is 0.0540. The SMILES string of the molecule is Cc1noc(-c2ccccc2C(=O)NC2CCC(N3CCC(C)CC3)CC2)n1. The third-order valence-electron chi connectivity index (χ3n) is 6.30. The molecule has 1 aliphatic carbocycles. The molecule has 4 rings (SSSR count). The molecule has 150 valence electrons. The van der Waals surface area contributed by atoms with Gasteiger partial charge in [0, 0.05) is 12.1 Å². The number of aryl methyl sites for hydroxylation is 1. The fourth-order valence-electron chi connectivity index (χ4n) is 4.52. The molecule has 1 saturated carbocycles. The van der Waals surface area contributed by atoms with E-state index in [0.717, 1.165) is 18.8 Å². The number of nitrogens with one attached hydrogen (secondary N) is 1. The van der Waals surface area contributed by atoms with E-state index in [1.807, 2.05) is 24.3 Å². The van der Waals surface area contributed by atoms with Crippen LogP contribution in [0.4, 0.5) is 0 Å². The van der Waals surface area contributed by atoms with Gasteiger partial charge in [-0.25, -0.2) is 0 Å². The highest BCUT2D eigenvalue weighted by Gasteiger charge is 2.29. The summed E-state index contributed by atoms with van der Waals surface area (Å²) in [5.41, 5.74) is 1.29. The van der Waals surface area contributed by atoms with E-state index in [0.29, 0.717) is 28.9 Å². The van der Waals surface area contributed by atoms with E-state index >= 15 is 0 Å². The van der Waals surface area contributed by atoms with Crippen LogP contribution < -0.4 is 5.32 Å². The number of carbonyl (C=O) groups excluding carboxylic acids is 1. The van der Waals surface area contributed by atoms with E-state index in [2.05, 4.69) is 27.3 Å². The van der Waals surface area contributed by atoms with E-state index in [4.69, 9.17) is 4.52 Å². The van der Waals surface area contributed by atoms with Crippen molar-refractivity contribution in [3.05, 3.63) is 35.7 Å². The quantitative estimate of drug-likeness (QED) is 0.870. The maximum absolute atomic E-state index is 12.9. The lowest BCUT2D eigenvalue weighted by molar-refractivity contribution is 0.0861. The highest BCUT2D eigenvalue weighted by molar-refractivity contribution is 6.00. The molecule has 1 aromatic carbocycles. The van der Waals surface area contributed by atoms with E-state index in [-0.39, 0.29) is 11.9 Å². The Morgan fingerprint density at radius 2 is 1.82 bits per heavy atom. The van der Waals surface area contributed by atoms with Gasteiger partial charge < -0.3 is 14.7 Å². The molecule has 0 atom stereocenters. The van der Waals surface area contributed by atoms with Crippen LogP contribution in [0.3, 0.4) is 0 Å². The van der Waals surface area contributed by atoms with Crippen molar-refractivity contribution in [2.75, 3.05) is 13.1 Å². The van der Waals surface area contributed by atoms with Gasteiger partial charge in [-0.2, -0.15) is 4.98 Å². The van der Waals surface area contributed by atoms with Gasteiger partial charge in [0.15, 0.2) is 5.82 Å². The van der Waals surface area contributed by atoms with Crippen molar-refractivity contribution < 1.29 is 9.32 Å². The Labute approximate surface area is 166 Å². The topological polar surface area (TPSA) is 71.3 Å². The average Bonchev–Trinajstić information content (AvgIpc) is 3.15. The second-order valence-corrected chi connectivity index (χ2v) is 8.39. The molecule has 2 aromatic rings. The molecular formula is C22H30N4O2. The van der Waals surface area contributed by atoms with Crippen LogP contribution in [0, 0.1) is 12.8 Å². The zero-order valence-electron chi connectivity index (χ0n) is 16.9. The molecule has 1 aromatic heterocycles. The summed E-state index contributed by atoms with van der Waals surface area (Å²) in [6, 6.07) is 8.37. The first-order valence-electron chi connectivity index (χ1n) is 10.5. The second kappa shape index (κ2) is 8.43. The summed E-state index contributed by atoms with van der Waals surface area (Å²) >= 11 is 0. The van der Waals surface area contributed by atoms with Crippen molar-refractivity contribution in [1.82, 2.24) is 20.4 Å². The minimum atomic E-state index is -0.0540. The predicted molar refractivity (Wildman–Crippen MR) is 108 cm³/mol. The lowest BCUT2D eigenvalue weighted by Crippen LogP contribution is -2.46. The van der Waals surface area contributed by atoms with Gasteiger partial charge in [-0.05, 0) is 76.6 Å². The molecule has 2 aliphatic rings. The van der Waals surface area contributed by atoms with Crippen LogP contribution in [0.2, 0.25) is 0 Å². The average molecular weight is 383 g/mol. The number of rotatable bonds is 4. The van der Waals surface area contributed by atoms with E-state index in [9.17, 15) is 4.79 Å². The summed E-state index contributed by atoms with van der Waals surface area (Å²) in [5, 5.41) is 7.08. The molecule has 1 N–H and O–H groups in total. The fraction of sp³-hybridized carbons (Fsp3) is 0.591. The fourth-order valence-corrected chi connectivity index (χ4v) is 4.52. The third kappa shape index (κ3) is 4.27. The Bertz CT molecular complexity index is 802. The number of hydrogen-bond acceptors (Lipinski definition) is 5. The van der Waals surface area contributed by atoms with Crippen LogP contribution in [0.25, 0.3) is 11.5 Å². The van der Waals surface area contributed by atoms with Gasteiger partial charge in [0.2, 0.25) is 0 Å². The normalized spacial score (nSPS) is 24.2. The van der Waals surface area contributed by atoms with Gasteiger partial charge >= 0.3 is 0 Å². The van der Waals surface area contributed by atoms with E-state index in [1.54, 1.807) is 6.92 Å². The van der Waals surface area contributed by atoms with Crippen molar-refractivity contribution >= 4 is 5.91 Å². The van der Waals surface area contributed by atoms with Gasteiger partial charge in [-0.1, -0.05) is 24.2 Å². The number of nitrogens with zero attached hydrogens (tertiary/aromatic N) is 3. The van der Waals surface area contributed by atoms with Gasteiger partial charge in [-0.3, -0.25) is 4.79 Å². The minimum Gasteiger partial charge on any atom is -0.349 e. The van der Waals surface area contributed by atoms with Crippen molar-refractivity contribution in [2.24, 2.45) is 5.92 Å². The summed E-state index contributed by atoms with van der Waals surface area (Å²) in [5.74, 6) is 1.78. The smallest absolute Gasteiger partial charge is 0.258 e. The largest absolute Gasteiger partial charge is 0.349 e. The molecule has 0 unspecified atom stereocenters. The van der Waals surface area contributed by atoms with Crippen molar-refractivity contribution in [1.29, 1.82) is 0 Å². The van der Waals surface area contributed by atoms with Crippen molar-refractivity contribution in [3.63, 3.8) is 0 Å². The molecule has 28 heavy (non-hydrogen) atoms. The number of amides is 1. The first-order valence-corrected chi connectivity index (χ1v) is 10.5. The highest BCUT2D eigenvalue weighted by Crippen LogP contribution is 2.28. The molecule has 0 radical (unpaired) electrons. The molecule has 0 spiro atoms. The van der Waals surface area contributed by atoms with Crippen LogP contribution >= 0.6 is 0 Å². The molecule has 1 amide bonds. The molecule has 2 fully saturated rings. The molecule has 0 bridgehead atoms. The van der Waals surface area contributed by atoms with E-state index in [1.165, 1.54) is 38.8 Å². The number of benzene rings is 1. The number of carbonyl (C=O) groups is 1.